The van der Waals surface area contributed by atoms with Gasteiger partial charge >= 0.3 is 0 Å². The zero-order valence-electron chi connectivity index (χ0n) is 18.0. The first-order chi connectivity index (χ1) is 15.4. The summed E-state index contributed by atoms with van der Waals surface area (Å²) in [5, 5.41) is 25.2. The summed E-state index contributed by atoms with van der Waals surface area (Å²) < 4.78 is 8.52. The Bertz CT molecular complexity index is 838. The third-order valence-corrected chi connectivity index (χ3v) is 4.69. The van der Waals surface area contributed by atoms with Crippen LogP contribution in [0, 0.1) is 0 Å². The first-order valence-electron chi connectivity index (χ1n) is 9.70. The molecule has 0 unspecified atom stereocenters. The van der Waals surface area contributed by atoms with Crippen molar-refractivity contribution in [2.45, 2.75) is 25.3 Å². The predicted octanol–water partition coefficient (Wildman–Crippen LogP) is 0.0111. The molecule has 1 saturated heterocycles. The first-order valence-corrected chi connectivity index (χ1v) is 9.70. The Balaban J connectivity index is 0.000000769. The average molecular weight is 452 g/mol. The number of amides is 2. The Morgan fingerprint density at radius 1 is 1.22 bits per heavy atom. The summed E-state index contributed by atoms with van der Waals surface area (Å²) in [4.78, 5) is 43.7. The predicted molar refractivity (Wildman–Crippen MR) is 112 cm³/mol. The number of carbonyl (C=O) groups is 4. The fourth-order valence-corrected chi connectivity index (χ4v) is 3.20. The van der Waals surface area contributed by atoms with Crippen molar-refractivity contribution in [3.05, 3.63) is 30.7 Å². The second-order valence-electron chi connectivity index (χ2n) is 6.54. The van der Waals surface area contributed by atoms with E-state index < -0.39 is 5.54 Å². The summed E-state index contributed by atoms with van der Waals surface area (Å²) in [5.74, 6) is 0.279. The fraction of sp³-hybridized carbons (Fsp3) is 0.474. The van der Waals surface area contributed by atoms with Gasteiger partial charge in [0.1, 0.15) is 12.1 Å². The minimum absolute atomic E-state index is 0.0500. The fourth-order valence-electron chi connectivity index (χ4n) is 3.20. The van der Waals surface area contributed by atoms with Gasteiger partial charge in [0.05, 0.1) is 0 Å². The normalized spacial score (nSPS) is 14.1. The molecule has 0 aromatic carbocycles. The van der Waals surface area contributed by atoms with E-state index in [1.165, 1.54) is 0 Å². The molecule has 1 aliphatic rings. The van der Waals surface area contributed by atoms with E-state index in [9.17, 15) is 9.59 Å². The number of piperidine rings is 1. The molecule has 2 amide bonds. The van der Waals surface area contributed by atoms with Gasteiger partial charge in [-0.2, -0.15) is 10.2 Å². The van der Waals surface area contributed by atoms with Crippen molar-refractivity contribution >= 4 is 30.6 Å². The number of anilines is 1. The summed E-state index contributed by atoms with van der Waals surface area (Å²) in [6.45, 7) is 2.88. The van der Waals surface area contributed by atoms with Crippen molar-refractivity contribution in [3.63, 3.8) is 0 Å². The lowest BCUT2D eigenvalue weighted by Crippen LogP contribution is -2.55. The largest absolute Gasteiger partial charge is 0.483 e. The highest BCUT2D eigenvalue weighted by Gasteiger charge is 2.44. The molecular weight excluding hydrogens is 424 g/mol. The number of carbonyl (C=O) groups excluding carboxylic acids is 2. The molecule has 3 rings (SSSR count). The van der Waals surface area contributed by atoms with E-state index in [0.717, 1.165) is 0 Å². The molecule has 0 spiro atoms. The number of rotatable bonds is 6. The maximum Gasteiger partial charge on any atom is 0.290 e. The second kappa shape index (κ2) is 13.5. The number of likely N-dealkylation sites (tertiary alicyclic amines) is 1. The monoisotopic (exact) mass is 452 g/mol. The molecular formula is C19H28N6O7. The summed E-state index contributed by atoms with van der Waals surface area (Å²) >= 11 is 0. The SMILES string of the molecule is CCOCC(=O)N1CCC(C(=O)Nc2ccn(C)n2)(n2cccn2)CC1.O=CO.O=CO. The number of carboxylic acid groups (broad SMARTS) is 2. The molecule has 2 aromatic rings. The number of ether oxygens (including phenoxy) is 1. The van der Waals surface area contributed by atoms with Crippen molar-refractivity contribution < 1.29 is 34.1 Å². The Labute approximate surface area is 184 Å². The molecule has 13 heteroatoms. The Morgan fingerprint density at radius 3 is 2.31 bits per heavy atom. The van der Waals surface area contributed by atoms with Crippen LogP contribution in [0.3, 0.4) is 0 Å². The molecule has 13 nitrogen and oxygen atoms in total. The van der Waals surface area contributed by atoms with Gasteiger partial charge in [-0.05, 0) is 25.8 Å². The van der Waals surface area contributed by atoms with Gasteiger partial charge in [0.15, 0.2) is 5.82 Å². The maximum absolute atomic E-state index is 13.1. The second-order valence-corrected chi connectivity index (χ2v) is 6.54. The van der Waals surface area contributed by atoms with E-state index in [1.54, 1.807) is 52.0 Å². The van der Waals surface area contributed by atoms with E-state index in [1.807, 2.05) is 6.92 Å². The Morgan fingerprint density at radius 2 is 1.84 bits per heavy atom. The van der Waals surface area contributed by atoms with Crippen LogP contribution in [0.5, 0.6) is 0 Å². The van der Waals surface area contributed by atoms with E-state index in [0.29, 0.717) is 38.4 Å². The lowest BCUT2D eigenvalue weighted by Gasteiger charge is -2.40. The number of hydrogen-bond acceptors (Lipinski definition) is 7. The third-order valence-electron chi connectivity index (χ3n) is 4.69. The lowest BCUT2D eigenvalue weighted by molar-refractivity contribution is -0.141. The molecule has 1 fully saturated rings. The highest BCUT2D eigenvalue weighted by atomic mass is 16.5. The highest BCUT2D eigenvalue weighted by Crippen LogP contribution is 2.31. The molecule has 3 heterocycles. The molecule has 0 atom stereocenters. The van der Waals surface area contributed by atoms with Crippen LogP contribution in [0.1, 0.15) is 19.8 Å². The Kier molecular flexibility index (Phi) is 11.1. The minimum atomic E-state index is -0.844. The molecule has 32 heavy (non-hydrogen) atoms. The highest BCUT2D eigenvalue weighted by molar-refractivity contribution is 5.96. The molecule has 0 radical (unpaired) electrons. The Hall–Kier alpha value is -3.74. The van der Waals surface area contributed by atoms with Gasteiger partial charge in [-0.1, -0.05) is 0 Å². The minimum Gasteiger partial charge on any atom is -0.483 e. The van der Waals surface area contributed by atoms with Gasteiger partial charge in [0.2, 0.25) is 5.91 Å². The molecule has 176 valence electrons. The van der Waals surface area contributed by atoms with Crippen LogP contribution >= 0.6 is 0 Å². The van der Waals surface area contributed by atoms with Crippen LogP contribution in [0.25, 0.3) is 0 Å². The molecule has 0 aliphatic carbocycles. The molecule has 1 aliphatic heterocycles. The summed E-state index contributed by atoms with van der Waals surface area (Å²) in [7, 11) is 1.79. The van der Waals surface area contributed by atoms with Crippen molar-refractivity contribution in [2.24, 2.45) is 7.05 Å². The quantitative estimate of drug-likeness (QED) is 0.511. The van der Waals surface area contributed by atoms with Crippen molar-refractivity contribution in [2.75, 3.05) is 31.6 Å². The third kappa shape index (κ3) is 7.19. The topological polar surface area (TPSA) is 169 Å². The number of aryl methyl sites for hydroxylation is 1. The molecule has 3 N–H and O–H groups in total. The number of nitrogens with zero attached hydrogens (tertiary/aromatic N) is 5. The van der Waals surface area contributed by atoms with Gasteiger partial charge in [-0.15, -0.1) is 0 Å². The number of aromatic nitrogens is 4. The summed E-state index contributed by atoms with van der Waals surface area (Å²) in [6.07, 6.45) is 6.17. The van der Waals surface area contributed by atoms with Gasteiger partial charge in [0.25, 0.3) is 18.9 Å². The van der Waals surface area contributed by atoms with E-state index >= 15 is 0 Å². The zero-order chi connectivity index (χ0) is 24.0. The summed E-state index contributed by atoms with van der Waals surface area (Å²) in [6, 6.07) is 3.54. The van der Waals surface area contributed by atoms with Crippen LogP contribution in [0.2, 0.25) is 0 Å². The van der Waals surface area contributed by atoms with Crippen LogP contribution < -0.4 is 5.32 Å². The lowest BCUT2D eigenvalue weighted by atomic mass is 9.86. The smallest absolute Gasteiger partial charge is 0.290 e. The molecule has 0 bridgehead atoms. The van der Waals surface area contributed by atoms with Crippen molar-refractivity contribution in [1.82, 2.24) is 24.5 Å². The van der Waals surface area contributed by atoms with Crippen molar-refractivity contribution in [3.8, 4) is 0 Å². The zero-order valence-corrected chi connectivity index (χ0v) is 18.0. The van der Waals surface area contributed by atoms with E-state index in [2.05, 4.69) is 15.5 Å². The average Bonchev–Trinajstić information content (AvgIpc) is 3.45. The number of nitrogens with one attached hydrogen (secondary N) is 1. The van der Waals surface area contributed by atoms with E-state index in [4.69, 9.17) is 24.5 Å². The number of hydrogen-bond donors (Lipinski definition) is 3. The first kappa shape index (κ1) is 26.3. The molecule has 2 aromatic heterocycles. The van der Waals surface area contributed by atoms with Gasteiger partial charge < -0.3 is 25.2 Å². The maximum atomic E-state index is 13.1. The van der Waals surface area contributed by atoms with Crippen molar-refractivity contribution in [1.29, 1.82) is 0 Å². The van der Waals surface area contributed by atoms with E-state index in [-0.39, 0.29) is 31.4 Å². The van der Waals surface area contributed by atoms with Crippen LogP contribution in [-0.4, -0.2) is 85.7 Å². The summed E-state index contributed by atoms with van der Waals surface area (Å²) in [5.41, 5.74) is -0.844. The standard InChI is InChI=1S/C17H24N6O3.2CH2O2/c1-3-26-13-15(24)22-11-6-17(7-12-22,23-9-4-8-18-23)16(25)19-14-5-10-21(2)20-14;2*2-1-3/h4-5,8-10H,3,6-7,11-13H2,1-2H3,(H,19,20,25);2*1H,(H,2,3). The van der Waals surface area contributed by atoms with Crippen LogP contribution in [0.15, 0.2) is 30.7 Å². The van der Waals surface area contributed by atoms with Crippen LogP contribution in [0.4, 0.5) is 5.82 Å². The van der Waals surface area contributed by atoms with Gasteiger partial charge in [0, 0.05) is 51.4 Å². The van der Waals surface area contributed by atoms with Crippen LogP contribution in [-0.2, 0) is 36.5 Å². The molecule has 0 saturated carbocycles. The van der Waals surface area contributed by atoms with Gasteiger partial charge in [-0.25, -0.2) is 0 Å². The van der Waals surface area contributed by atoms with Gasteiger partial charge in [-0.3, -0.25) is 28.5 Å².